The first-order valence-corrected chi connectivity index (χ1v) is 14.6. The number of benzene rings is 2. The number of sulfonamides is 1. The number of aromatic nitrogens is 4. The monoisotopic (exact) mass is 551 g/mol. The van der Waals surface area contributed by atoms with Crippen LogP contribution in [0.25, 0.3) is 39.5 Å². The second-order valence-corrected chi connectivity index (χ2v) is 11.5. The van der Waals surface area contributed by atoms with Gasteiger partial charge in [0.1, 0.15) is 11.3 Å². The number of pyridine rings is 2. The maximum Gasteiger partial charge on any atom is 0.233 e. The van der Waals surface area contributed by atoms with Crippen molar-refractivity contribution < 1.29 is 8.42 Å². The summed E-state index contributed by atoms with van der Waals surface area (Å²) in [6.07, 6.45) is 2.43. The Morgan fingerprint density at radius 2 is 1.80 bits per heavy atom. The van der Waals surface area contributed by atoms with Crippen LogP contribution in [-0.4, -0.2) is 52.0 Å². The fraction of sp³-hybridized carbons (Fsp3) is 0.167. The van der Waals surface area contributed by atoms with Crippen molar-refractivity contribution in [1.82, 2.24) is 29.1 Å². The van der Waals surface area contributed by atoms with Gasteiger partial charge >= 0.3 is 0 Å². The van der Waals surface area contributed by atoms with Crippen molar-refractivity contribution in [2.45, 2.75) is 19.0 Å². The Labute approximate surface area is 233 Å². The van der Waals surface area contributed by atoms with Gasteiger partial charge in [0, 0.05) is 48.5 Å². The topological polar surface area (TPSA) is 119 Å². The molecule has 1 aliphatic heterocycles. The number of nitrogen functional groups attached to an aromatic ring is 1. The van der Waals surface area contributed by atoms with E-state index in [0.717, 1.165) is 64.2 Å². The van der Waals surface area contributed by atoms with Crippen LogP contribution >= 0.6 is 0 Å². The number of likely N-dealkylation sites (tertiary alicyclic amines) is 1. The van der Waals surface area contributed by atoms with Crippen molar-refractivity contribution in [2.24, 2.45) is 0 Å². The molecule has 1 atom stereocenters. The van der Waals surface area contributed by atoms with E-state index >= 15 is 0 Å². The highest BCUT2D eigenvalue weighted by Gasteiger charge is 2.25. The maximum absolute atomic E-state index is 11.8. The van der Waals surface area contributed by atoms with E-state index in [9.17, 15) is 8.42 Å². The Morgan fingerprint density at radius 3 is 2.55 bits per heavy atom. The summed E-state index contributed by atoms with van der Waals surface area (Å²) < 4.78 is 28.4. The van der Waals surface area contributed by atoms with Crippen LogP contribution in [0.3, 0.4) is 0 Å². The van der Waals surface area contributed by atoms with Gasteiger partial charge in [0.05, 0.1) is 11.3 Å². The first kappa shape index (κ1) is 25.9. The molecular weight excluding hydrogens is 522 g/mol. The zero-order valence-electron chi connectivity index (χ0n) is 21.8. The van der Waals surface area contributed by atoms with Crippen molar-refractivity contribution in [3.8, 4) is 28.3 Å². The van der Waals surface area contributed by atoms with Gasteiger partial charge in [0.25, 0.3) is 0 Å². The second-order valence-electron chi connectivity index (χ2n) is 9.83. The molecule has 4 heterocycles. The van der Waals surface area contributed by atoms with E-state index in [0.29, 0.717) is 18.2 Å². The number of fused-ring (bicyclic) bond motifs is 1. The van der Waals surface area contributed by atoms with Crippen molar-refractivity contribution in [2.75, 3.05) is 18.8 Å². The van der Waals surface area contributed by atoms with Crippen LogP contribution < -0.4 is 10.5 Å². The third kappa shape index (κ3) is 5.24. The minimum atomic E-state index is -3.44. The molecule has 1 fully saturated rings. The van der Waals surface area contributed by atoms with Crippen molar-refractivity contribution in [1.29, 1.82) is 0 Å². The number of rotatable bonds is 8. The first-order chi connectivity index (χ1) is 19.4. The summed E-state index contributed by atoms with van der Waals surface area (Å²) in [6.45, 7) is 5.56. The van der Waals surface area contributed by atoms with Crippen LogP contribution in [0.4, 0.5) is 5.82 Å². The zero-order chi connectivity index (χ0) is 27.7. The summed E-state index contributed by atoms with van der Waals surface area (Å²) in [5.74, 6) is 1.07. The molecule has 5 aromatic rings. The largest absolute Gasteiger partial charge is 0.383 e. The number of anilines is 1. The molecule has 0 aliphatic carbocycles. The highest BCUT2D eigenvalue weighted by atomic mass is 32.2. The first-order valence-electron chi connectivity index (χ1n) is 13.0. The lowest BCUT2D eigenvalue weighted by Gasteiger charge is -2.17. The number of nitrogens with two attached hydrogens (primary N) is 1. The minimum absolute atomic E-state index is 0.114. The Morgan fingerprint density at radius 1 is 1.00 bits per heavy atom. The third-order valence-electron chi connectivity index (χ3n) is 7.08. The van der Waals surface area contributed by atoms with Crippen molar-refractivity contribution in [3.05, 3.63) is 103 Å². The van der Waals surface area contributed by atoms with Crippen LogP contribution in [-0.2, 0) is 16.6 Å². The lowest BCUT2D eigenvalue weighted by atomic mass is 10.1. The smallest absolute Gasteiger partial charge is 0.233 e. The zero-order valence-corrected chi connectivity index (χ0v) is 22.6. The fourth-order valence-corrected chi connectivity index (χ4v) is 5.87. The van der Waals surface area contributed by atoms with Gasteiger partial charge in [-0.1, -0.05) is 49.0 Å². The molecule has 0 unspecified atom stereocenters. The molecule has 1 aliphatic rings. The standard InChI is InChI=1S/C30H29N7O2S/c1-2-40(38,39)35-23-16-18-36(20-23)19-21-10-12-24(13-11-21)37-29(25-9-6-17-32-28(25)31)34-27-15-14-26(33-30(27)37)22-7-4-3-5-8-22/h2-15,17,23,35H,1,16,18-20H2,(H2,31,32)/t23-/m0/s1. The Hall–Kier alpha value is -4.38. The molecule has 3 N–H and O–H groups in total. The van der Waals surface area contributed by atoms with E-state index in [-0.39, 0.29) is 6.04 Å². The molecule has 0 saturated carbocycles. The molecule has 3 aromatic heterocycles. The number of nitrogens with one attached hydrogen (secondary N) is 1. The summed E-state index contributed by atoms with van der Waals surface area (Å²) in [6, 6.07) is 25.9. The highest BCUT2D eigenvalue weighted by Crippen LogP contribution is 2.32. The van der Waals surface area contributed by atoms with E-state index in [2.05, 4.69) is 45.5 Å². The molecule has 2 aromatic carbocycles. The summed E-state index contributed by atoms with van der Waals surface area (Å²) in [5.41, 5.74) is 12.4. The number of hydrogen-bond donors (Lipinski definition) is 2. The van der Waals surface area contributed by atoms with Crippen molar-refractivity contribution >= 4 is 27.0 Å². The van der Waals surface area contributed by atoms with E-state index < -0.39 is 10.0 Å². The second kappa shape index (κ2) is 10.6. The van der Waals surface area contributed by atoms with Crippen LogP contribution in [0.2, 0.25) is 0 Å². The average Bonchev–Trinajstić information content (AvgIpc) is 3.57. The Kier molecular flexibility index (Phi) is 6.89. The number of imidazole rings is 1. The lowest BCUT2D eigenvalue weighted by molar-refractivity contribution is 0.324. The normalized spacial score (nSPS) is 15.9. The van der Waals surface area contributed by atoms with Crippen LogP contribution in [0, 0.1) is 0 Å². The van der Waals surface area contributed by atoms with Crippen LogP contribution in [0.1, 0.15) is 12.0 Å². The summed E-state index contributed by atoms with van der Waals surface area (Å²) in [4.78, 5) is 16.5. The van der Waals surface area contributed by atoms with E-state index in [1.807, 2.05) is 59.2 Å². The molecule has 0 radical (unpaired) electrons. The molecule has 6 rings (SSSR count). The number of hydrogen-bond acceptors (Lipinski definition) is 7. The SMILES string of the molecule is C=CS(=O)(=O)N[C@H]1CCN(Cc2ccc(-n3c(-c4cccnc4N)nc4ccc(-c5ccccc5)nc43)cc2)C1. The van der Waals surface area contributed by atoms with Crippen LogP contribution in [0.5, 0.6) is 0 Å². The quantitative estimate of drug-likeness (QED) is 0.294. The van der Waals surface area contributed by atoms with Gasteiger partial charge in [0.2, 0.25) is 10.0 Å². The highest BCUT2D eigenvalue weighted by molar-refractivity contribution is 7.92. The third-order valence-corrected chi connectivity index (χ3v) is 8.18. The van der Waals surface area contributed by atoms with Gasteiger partial charge in [-0.25, -0.2) is 28.1 Å². The molecule has 10 heteroatoms. The lowest BCUT2D eigenvalue weighted by Crippen LogP contribution is -2.35. The molecule has 0 amide bonds. The van der Waals surface area contributed by atoms with Crippen LogP contribution in [0.15, 0.2) is 97.0 Å². The predicted octanol–water partition coefficient (Wildman–Crippen LogP) is 4.37. The number of nitrogens with zero attached hydrogens (tertiary/aromatic N) is 5. The molecular formula is C30H29N7O2S. The fourth-order valence-electron chi connectivity index (χ4n) is 5.12. The van der Waals surface area contributed by atoms with E-state index in [1.165, 1.54) is 0 Å². The predicted molar refractivity (Wildman–Crippen MR) is 158 cm³/mol. The van der Waals surface area contributed by atoms with E-state index in [1.54, 1.807) is 6.20 Å². The van der Waals surface area contributed by atoms with Gasteiger partial charge in [-0.2, -0.15) is 0 Å². The Bertz CT molecular complexity index is 1780. The van der Waals surface area contributed by atoms with Gasteiger partial charge < -0.3 is 5.73 Å². The Balaban J connectivity index is 1.34. The summed E-state index contributed by atoms with van der Waals surface area (Å²) >= 11 is 0. The van der Waals surface area contributed by atoms with Gasteiger partial charge in [0.15, 0.2) is 11.5 Å². The molecule has 40 heavy (non-hydrogen) atoms. The van der Waals surface area contributed by atoms with E-state index in [4.69, 9.17) is 15.7 Å². The van der Waals surface area contributed by atoms with Crippen molar-refractivity contribution in [3.63, 3.8) is 0 Å². The molecule has 9 nitrogen and oxygen atoms in total. The summed E-state index contributed by atoms with van der Waals surface area (Å²) in [7, 11) is -3.44. The van der Waals surface area contributed by atoms with Gasteiger partial charge in [-0.15, -0.1) is 0 Å². The summed E-state index contributed by atoms with van der Waals surface area (Å²) in [5, 5.41) is 0.958. The minimum Gasteiger partial charge on any atom is -0.383 e. The molecule has 0 spiro atoms. The van der Waals surface area contributed by atoms with Gasteiger partial charge in [-0.05, 0) is 48.4 Å². The molecule has 1 saturated heterocycles. The molecule has 0 bridgehead atoms. The molecule has 202 valence electrons. The van der Waals surface area contributed by atoms with Gasteiger partial charge in [-0.3, -0.25) is 9.47 Å². The maximum atomic E-state index is 11.8. The average molecular weight is 552 g/mol.